The molecule has 0 N–H and O–H groups in total. The highest BCUT2D eigenvalue weighted by molar-refractivity contribution is 5.38. The predicted octanol–water partition coefficient (Wildman–Crippen LogP) is 2.84. The zero-order chi connectivity index (χ0) is 14.9. The summed E-state index contributed by atoms with van der Waals surface area (Å²) in [4.78, 5) is 21.1. The van der Waals surface area contributed by atoms with E-state index in [-0.39, 0.29) is 0 Å². The molecule has 0 heterocycles. The second-order valence-corrected chi connectivity index (χ2v) is 4.93. The Balaban J connectivity index is 2.64. The average molecular weight is 274 g/mol. The van der Waals surface area contributed by atoms with Gasteiger partial charge in [0, 0.05) is 0 Å². The lowest BCUT2D eigenvalue weighted by Crippen LogP contribution is -2.50. The van der Waals surface area contributed by atoms with Crippen molar-refractivity contribution in [1.82, 2.24) is 0 Å². The van der Waals surface area contributed by atoms with Crippen molar-refractivity contribution in [2.45, 2.75) is 25.4 Å². The number of hydrogen-bond acceptors (Lipinski definition) is 4. The maximum absolute atomic E-state index is 11.4. The molecule has 1 aliphatic carbocycles. The molecule has 0 spiro atoms. The molecule has 0 amide bonds. The highest BCUT2D eigenvalue weighted by Crippen LogP contribution is 2.38. The van der Waals surface area contributed by atoms with Gasteiger partial charge in [-0.05, 0) is 25.5 Å². The van der Waals surface area contributed by atoms with Crippen LogP contribution in [0.4, 0.5) is 0 Å². The molecule has 0 radical (unpaired) electrons. The second-order valence-electron chi connectivity index (χ2n) is 4.93. The summed E-state index contributed by atoms with van der Waals surface area (Å²) in [5, 5.41) is 22.8. The van der Waals surface area contributed by atoms with Crippen LogP contribution < -0.4 is 0 Å². The van der Waals surface area contributed by atoms with Crippen molar-refractivity contribution >= 4 is 0 Å². The number of hydrogen-bond donors (Lipinski definition) is 0. The van der Waals surface area contributed by atoms with E-state index in [0.29, 0.717) is 5.56 Å². The third-order valence-corrected chi connectivity index (χ3v) is 3.46. The standard InChI is InChI=1S/C14H14N2O4/c1-10-4-3-5-12(8-10)13-9-11(2)6-7-14(13,15(17)18)16(19)20/h3-9,13H,1-2H3. The number of allylic oxidation sites excluding steroid dienone is 2. The first-order valence-corrected chi connectivity index (χ1v) is 6.11. The van der Waals surface area contributed by atoms with Crippen LogP contribution in [0.1, 0.15) is 24.0 Å². The number of nitrogens with zero attached hydrogens (tertiary/aromatic N) is 2. The summed E-state index contributed by atoms with van der Waals surface area (Å²) >= 11 is 0. The summed E-state index contributed by atoms with van der Waals surface area (Å²) in [7, 11) is 0. The predicted molar refractivity (Wildman–Crippen MR) is 73.5 cm³/mol. The van der Waals surface area contributed by atoms with Gasteiger partial charge in [-0.3, -0.25) is 20.2 Å². The van der Waals surface area contributed by atoms with Crippen LogP contribution in [0.2, 0.25) is 0 Å². The lowest BCUT2D eigenvalue weighted by atomic mass is 9.81. The van der Waals surface area contributed by atoms with E-state index in [2.05, 4.69) is 0 Å². The molecule has 0 aliphatic heterocycles. The zero-order valence-electron chi connectivity index (χ0n) is 11.1. The summed E-state index contributed by atoms with van der Waals surface area (Å²) in [6.07, 6.45) is 4.09. The van der Waals surface area contributed by atoms with Crippen LogP contribution in [-0.4, -0.2) is 15.5 Å². The SMILES string of the molecule is CC1=CC(c2cccc(C)c2)C([N+](=O)[O-])([N+](=O)[O-])C=C1. The first-order valence-electron chi connectivity index (χ1n) is 6.11. The van der Waals surface area contributed by atoms with E-state index < -0.39 is 21.4 Å². The van der Waals surface area contributed by atoms with E-state index >= 15 is 0 Å². The summed E-state index contributed by atoms with van der Waals surface area (Å²) < 4.78 is 0. The van der Waals surface area contributed by atoms with E-state index in [1.165, 1.54) is 6.08 Å². The van der Waals surface area contributed by atoms with Gasteiger partial charge in [0.2, 0.25) is 0 Å². The second kappa shape index (κ2) is 4.88. The van der Waals surface area contributed by atoms with Gasteiger partial charge in [-0.25, -0.2) is 0 Å². The Morgan fingerprint density at radius 2 is 1.80 bits per heavy atom. The molecule has 1 aromatic carbocycles. The van der Waals surface area contributed by atoms with Crippen LogP contribution in [0.25, 0.3) is 0 Å². The Kier molecular flexibility index (Phi) is 3.40. The molecule has 6 heteroatoms. The van der Waals surface area contributed by atoms with Gasteiger partial charge in [0.05, 0.1) is 6.08 Å². The molecule has 0 saturated carbocycles. The minimum absolute atomic E-state index is 0.571. The summed E-state index contributed by atoms with van der Waals surface area (Å²) in [5.74, 6) is -0.919. The van der Waals surface area contributed by atoms with Crippen LogP contribution in [0.15, 0.2) is 48.1 Å². The molecule has 104 valence electrons. The molecule has 0 fully saturated rings. The largest absolute Gasteiger partial charge is 0.487 e. The minimum atomic E-state index is -2.34. The third-order valence-electron chi connectivity index (χ3n) is 3.46. The Labute approximate surface area is 115 Å². The lowest BCUT2D eigenvalue weighted by Gasteiger charge is -2.24. The molecule has 0 saturated heterocycles. The molecule has 1 unspecified atom stereocenters. The van der Waals surface area contributed by atoms with Gasteiger partial charge in [-0.2, -0.15) is 0 Å². The topological polar surface area (TPSA) is 86.3 Å². The number of aryl methyl sites for hydroxylation is 1. The molecule has 1 aliphatic rings. The van der Waals surface area contributed by atoms with Crippen molar-refractivity contribution in [1.29, 1.82) is 0 Å². The summed E-state index contributed by atoms with van der Waals surface area (Å²) in [6.45, 7) is 3.61. The van der Waals surface area contributed by atoms with Crippen LogP contribution in [0.3, 0.4) is 0 Å². The van der Waals surface area contributed by atoms with Crippen molar-refractivity contribution in [2.75, 3.05) is 0 Å². The Morgan fingerprint density at radius 3 is 2.35 bits per heavy atom. The van der Waals surface area contributed by atoms with E-state index in [1.54, 1.807) is 31.2 Å². The smallest absolute Gasteiger partial charge is 0.258 e. The Hall–Kier alpha value is -2.50. The van der Waals surface area contributed by atoms with Crippen molar-refractivity contribution in [3.63, 3.8) is 0 Å². The van der Waals surface area contributed by atoms with Gasteiger partial charge in [0.15, 0.2) is 0 Å². The molecular formula is C14H14N2O4. The highest BCUT2D eigenvalue weighted by Gasteiger charge is 2.61. The fourth-order valence-electron chi connectivity index (χ4n) is 2.42. The van der Waals surface area contributed by atoms with Crippen LogP contribution in [0.5, 0.6) is 0 Å². The molecule has 1 atom stereocenters. The molecule has 2 rings (SSSR count). The molecular weight excluding hydrogens is 260 g/mol. The molecule has 0 aromatic heterocycles. The van der Waals surface area contributed by atoms with Crippen molar-refractivity contribution < 1.29 is 9.85 Å². The average Bonchev–Trinajstić information content (AvgIpc) is 2.38. The van der Waals surface area contributed by atoms with E-state index in [4.69, 9.17) is 0 Å². The minimum Gasteiger partial charge on any atom is -0.258 e. The summed E-state index contributed by atoms with van der Waals surface area (Å²) in [6, 6.07) is 7.02. The zero-order valence-corrected chi connectivity index (χ0v) is 11.1. The molecule has 6 nitrogen and oxygen atoms in total. The van der Waals surface area contributed by atoms with Gasteiger partial charge < -0.3 is 0 Å². The molecule has 1 aromatic rings. The van der Waals surface area contributed by atoms with Crippen molar-refractivity contribution in [3.8, 4) is 0 Å². The van der Waals surface area contributed by atoms with E-state index in [1.807, 2.05) is 13.0 Å². The fraction of sp³-hybridized carbons (Fsp3) is 0.286. The maximum Gasteiger partial charge on any atom is 0.487 e. The van der Waals surface area contributed by atoms with Crippen molar-refractivity contribution in [2.24, 2.45) is 0 Å². The Bertz CT molecular complexity index is 620. The van der Waals surface area contributed by atoms with E-state index in [9.17, 15) is 20.2 Å². The van der Waals surface area contributed by atoms with Crippen LogP contribution in [-0.2, 0) is 0 Å². The maximum atomic E-state index is 11.4. The van der Waals surface area contributed by atoms with Crippen molar-refractivity contribution in [3.05, 3.63) is 79.4 Å². The number of nitro groups is 2. The first-order chi connectivity index (χ1) is 9.37. The fourth-order valence-corrected chi connectivity index (χ4v) is 2.42. The van der Waals surface area contributed by atoms with Crippen LogP contribution in [0, 0.1) is 27.2 Å². The van der Waals surface area contributed by atoms with Gasteiger partial charge in [-0.1, -0.05) is 41.5 Å². The molecule has 20 heavy (non-hydrogen) atoms. The Morgan fingerprint density at radius 1 is 1.15 bits per heavy atom. The van der Waals surface area contributed by atoms with Crippen LogP contribution >= 0.6 is 0 Å². The number of benzene rings is 1. The van der Waals surface area contributed by atoms with Gasteiger partial charge in [0.25, 0.3) is 0 Å². The van der Waals surface area contributed by atoms with Gasteiger partial charge in [-0.15, -0.1) is 0 Å². The number of rotatable bonds is 3. The monoisotopic (exact) mass is 274 g/mol. The lowest BCUT2D eigenvalue weighted by molar-refractivity contribution is -0.783. The van der Waals surface area contributed by atoms with Gasteiger partial charge >= 0.3 is 5.66 Å². The normalized spacial score (nSPS) is 20.3. The first kappa shape index (κ1) is 13.9. The van der Waals surface area contributed by atoms with E-state index in [0.717, 1.165) is 17.2 Å². The summed E-state index contributed by atoms with van der Waals surface area (Å²) in [5.41, 5.74) is -0.0885. The molecule has 0 bridgehead atoms. The highest BCUT2D eigenvalue weighted by atomic mass is 16.7. The third kappa shape index (κ3) is 2.09. The van der Waals surface area contributed by atoms with Gasteiger partial charge in [0.1, 0.15) is 15.8 Å². The quantitative estimate of drug-likeness (QED) is 0.481.